The summed E-state index contributed by atoms with van der Waals surface area (Å²) >= 11 is 13.7. The summed E-state index contributed by atoms with van der Waals surface area (Å²) in [4.78, 5) is 53.3. The summed E-state index contributed by atoms with van der Waals surface area (Å²) in [7, 11) is 3.74. The van der Waals surface area contributed by atoms with Crippen molar-refractivity contribution >= 4 is 52.5 Å². The highest BCUT2D eigenvalue weighted by Crippen LogP contribution is 2.37. The van der Waals surface area contributed by atoms with Crippen molar-refractivity contribution in [1.82, 2.24) is 28.9 Å². The largest absolute Gasteiger partial charge is 0.481 e. The van der Waals surface area contributed by atoms with Gasteiger partial charge in [-0.05, 0) is 68.2 Å². The molecule has 2 amide bonds. The Morgan fingerprint density at radius 3 is 2.32 bits per heavy atom. The molecule has 0 bridgehead atoms. The van der Waals surface area contributed by atoms with E-state index in [9.17, 15) is 19.5 Å². The number of hydrogen-bond acceptors (Lipinski definition) is 8. The number of nitrogens with one attached hydrogen (secondary N) is 1. The number of carboxylic acid groups (broad SMARTS) is 1. The number of halogens is 2. The van der Waals surface area contributed by atoms with Crippen LogP contribution in [0.1, 0.15) is 82.5 Å². The number of aliphatic carboxylic acids is 1. The number of imidazole rings is 2. The van der Waals surface area contributed by atoms with Gasteiger partial charge in [-0.3, -0.25) is 24.2 Å². The SMILES string of the molecule is Cn1c(C(=O)Nc2cccc(-c3cccc(N(Cl)C(=O)c4nc5c(n4C)CCN(CC4CCC(C(=O)O)CC4)C5)c3)c2Cl)nc2c1CCN(C1CCOCC1)C2. The van der Waals surface area contributed by atoms with Crippen molar-refractivity contribution in [3.63, 3.8) is 0 Å². The molecule has 0 atom stereocenters. The molecule has 1 aliphatic carbocycles. The van der Waals surface area contributed by atoms with Gasteiger partial charge in [-0.15, -0.1) is 0 Å². The van der Waals surface area contributed by atoms with Crippen molar-refractivity contribution in [2.45, 2.75) is 70.5 Å². The molecule has 2 aromatic heterocycles. The van der Waals surface area contributed by atoms with E-state index in [4.69, 9.17) is 38.1 Å². The van der Waals surface area contributed by atoms with Gasteiger partial charge in [0.2, 0.25) is 5.82 Å². The molecule has 15 heteroatoms. The molecule has 8 rings (SSSR count). The number of carbonyl (C=O) groups is 3. The van der Waals surface area contributed by atoms with E-state index >= 15 is 0 Å². The first-order chi connectivity index (χ1) is 27.0. The molecule has 4 aromatic rings. The Balaban J connectivity index is 0.936. The monoisotopic (exact) mass is 802 g/mol. The molecule has 1 saturated heterocycles. The minimum atomic E-state index is -0.687. The first-order valence-corrected chi connectivity index (χ1v) is 20.3. The van der Waals surface area contributed by atoms with Crippen molar-refractivity contribution in [3.8, 4) is 11.1 Å². The van der Waals surface area contributed by atoms with Crippen LogP contribution in [0.2, 0.25) is 5.02 Å². The molecule has 56 heavy (non-hydrogen) atoms. The maximum atomic E-state index is 13.9. The van der Waals surface area contributed by atoms with Crippen LogP contribution >= 0.6 is 23.4 Å². The lowest BCUT2D eigenvalue weighted by Crippen LogP contribution is -2.42. The molecule has 296 valence electrons. The van der Waals surface area contributed by atoms with Gasteiger partial charge >= 0.3 is 11.9 Å². The highest BCUT2D eigenvalue weighted by molar-refractivity contribution is 6.39. The fraction of sp³-hybridized carbons (Fsp3) is 0.488. The van der Waals surface area contributed by atoms with Gasteiger partial charge in [0.25, 0.3) is 5.91 Å². The number of benzene rings is 2. The standard InChI is InChI=1S/C41H48Cl2N8O5/c1-47-35-14-18-50(28-15-19-56-20-16-28)24-33(35)44-37(47)39(52)46-31-8-4-7-30(36(31)42)27-5-3-6-29(21-27)51(43)40(53)38-45-32-23-49(17-13-34(32)48(38)2)22-25-9-11-26(12-10-25)41(54)55/h3-8,21,25-26,28H,9-20,22-24H2,1-2H3,(H,46,52)(H,54,55). The van der Waals surface area contributed by atoms with E-state index in [1.165, 1.54) is 0 Å². The average molecular weight is 804 g/mol. The minimum Gasteiger partial charge on any atom is -0.481 e. The van der Waals surface area contributed by atoms with E-state index in [1.807, 2.05) is 47.5 Å². The van der Waals surface area contributed by atoms with E-state index < -0.39 is 11.9 Å². The van der Waals surface area contributed by atoms with Gasteiger partial charge in [-0.1, -0.05) is 35.9 Å². The van der Waals surface area contributed by atoms with Crippen LogP contribution in [0.3, 0.4) is 0 Å². The summed E-state index contributed by atoms with van der Waals surface area (Å²) in [5.74, 6) is -0.632. The second-order valence-corrected chi connectivity index (χ2v) is 16.4. The van der Waals surface area contributed by atoms with Crippen molar-refractivity contribution in [1.29, 1.82) is 0 Å². The van der Waals surface area contributed by atoms with Crippen molar-refractivity contribution in [3.05, 3.63) is 81.9 Å². The highest BCUT2D eigenvalue weighted by atomic mass is 35.5. The number of ether oxygens (including phenoxy) is 1. The lowest BCUT2D eigenvalue weighted by molar-refractivity contribution is -0.143. The molecule has 2 N–H and O–H groups in total. The second kappa shape index (κ2) is 16.3. The average Bonchev–Trinajstić information content (AvgIpc) is 3.73. The fourth-order valence-corrected chi connectivity index (χ4v) is 9.49. The summed E-state index contributed by atoms with van der Waals surface area (Å²) < 4.78 is 10.4. The lowest BCUT2D eigenvalue weighted by atomic mass is 9.81. The molecule has 1 saturated carbocycles. The Morgan fingerprint density at radius 1 is 0.893 bits per heavy atom. The number of hydrogen-bond donors (Lipinski definition) is 2. The first-order valence-electron chi connectivity index (χ1n) is 19.6. The summed E-state index contributed by atoms with van der Waals surface area (Å²) in [6.45, 7) is 5.60. The Morgan fingerprint density at radius 2 is 1.57 bits per heavy atom. The van der Waals surface area contributed by atoms with Gasteiger partial charge in [0.05, 0.1) is 33.7 Å². The summed E-state index contributed by atoms with van der Waals surface area (Å²) in [6.07, 6.45) is 6.91. The Labute approximate surface area is 336 Å². The van der Waals surface area contributed by atoms with Crippen LogP contribution < -0.4 is 9.74 Å². The van der Waals surface area contributed by atoms with Crippen LogP contribution in [-0.2, 0) is 49.6 Å². The molecule has 2 aromatic carbocycles. The predicted molar refractivity (Wildman–Crippen MR) is 214 cm³/mol. The highest BCUT2D eigenvalue weighted by Gasteiger charge is 2.33. The molecule has 0 spiro atoms. The molecule has 0 unspecified atom stereocenters. The molecule has 2 fully saturated rings. The van der Waals surface area contributed by atoms with Gasteiger partial charge in [0.1, 0.15) is 0 Å². The smallest absolute Gasteiger partial charge is 0.308 e. The Bertz CT molecular complexity index is 2140. The van der Waals surface area contributed by atoms with Gasteiger partial charge in [0.15, 0.2) is 5.82 Å². The Hall–Kier alpha value is -4.27. The third-order valence-electron chi connectivity index (χ3n) is 12.2. The van der Waals surface area contributed by atoms with Crippen LogP contribution in [-0.4, -0.2) is 90.7 Å². The van der Waals surface area contributed by atoms with Gasteiger partial charge < -0.3 is 24.3 Å². The van der Waals surface area contributed by atoms with E-state index in [0.717, 1.165) is 117 Å². The Kier molecular flexibility index (Phi) is 11.2. The number of fused-ring (bicyclic) bond motifs is 2. The molecule has 3 aliphatic heterocycles. The van der Waals surface area contributed by atoms with Crippen LogP contribution in [0.15, 0.2) is 42.5 Å². The fourth-order valence-electron chi connectivity index (χ4n) is 9.03. The lowest BCUT2D eigenvalue weighted by Gasteiger charge is -2.36. The van der Waals surface area contributed by atoms with Crippen molar-refractivity contribution in [2.24, 2.45) is 25.9 Å². The number of nitrogens with zero attached hydrogens (tertiary/aromatic N) is 7. The molecular formula is C41H48Cl2N8O5. The third-order valence-corrected chi connectivity index (χ3v) is 13.0. The number of amides is 2. The quantitative estimate of drug-likeness (QED) is 0.187. The number of anilines is 2. The topological polar surface area (TPSA) is 138 Å². The molecule has 0 radical (unpaired) electrons. The van der Waals surface area contributed by atoms with E-state index in [-0.39, 0.29) is 17.6 Å². The number of carboxylic acids is 1. The third kappa shape index (κ3) is 7.71. The summed E-state index contributed by atoms with van der Waals surface area (Å²) in [6, 6.07) is 13.1. The van der Waals surface area contributed by atoms with Crippen LogP contribution in [0.5, 0.6) is 0 Å². The zero-order chi connectivity index (χ0) is 39.1. The number of rotatable bonds is 9. The van der Waals surface area contributed by atoms with Crippen LogP contribution in [0.4, 0.5) is 11.4 Å². The zero-order valence-corrected chi connectivity index (χ0v) is 33.4. The minimum absolute atomic E-state index is 0.226. The number of carbonyl (C=O) groups excluding carboxylic acids is 2. The molecular weight excluding hydrogens is 755 g/mol. The molecule has 13 nitrogen and oxygen atoms in total. The summed E-state index contributed by atoms with van der Waals surface area (Å²) in [5, 5.41) is 12.7. The van der Waals surface area contributed by atoms with Crippen molar-refractivity contribution in [2.75, 3.05) is 42.6 Å². The van der Waals surface area contributed by atoms with E-state index in [0.29, 0.717) is 52.8 Å². The van der Waals surface area contributed by atoms with Gasteiger partial charge in [0, 0.05) is 108 Å². The van der Waals surface area contributed by atoms with Gasteiger partial charge in [-0.2, -0.15) is 0 Å². The van der Waals surface area contributed by atoms with E-state index in [2.05, 4.69) is 15.1 Å². The molecule has 4 aliphatic rings. The number of aromatic nitrogens is 4. The van der Waals surface area contributed by atoms with Crippen LogP contribution in [0.25, 0.3) is 11.1 Å². The van der Waals surface area contributed by atoms with E-state index in [1.54, 1.807) is 18.2 Å². The molecule has 5 heterocycles. The zero-order valence-electron chi connectivity index (χ0n) is 31.8. The van der Waals surface area contributed by atoms with Crippen molar-refractivity contribution < 1.29 is 24.2 Å². The summed E-state index contributed by atoms with van der Waals surface area (Å²) in [5.41, 5.74) is 6.19. The maximum Gasteiger partial charge on any atom is 0.308 e. The van der Waals surface area contributed by atoms with Crippen LogP contribution in [0, 0.1) is 11.8 Å². The second-order valence-electron chi connectivity index (χ2n) is 15.6. The maximum absolute atomic E-state index is 13.9. The normalized spacial score (nSPS) is 20.6. The predicted octanol–water partition coefficient (Wildman–Crippen LogP) is 6.31. The van der Waals surface area contributed by atoms with Gasteiger partial charge in [-0.25, -0.2) is 14.4 Å². The first kappa shape index (κ1) is 38.6.